The van der Waals surface area contributed by atoms with Crippen molar-refractivity contribution in [1.82, 2.24) is 0 Å². The summed E-state index contributed by atoms with van der Waals surface area (Å²) < 4.78 is 0. The van der Waals surface area contributed by atoms with Crippen LogP contribution < -0.4 is 5.73 Å². The van der Waals surface area contributed by atoms with Gasteiger partial charge in [-0.3, -0.25) is 0 Å². The molecular formula is C10H23NO2S. The smallest absolute Gasteiger partial charge is 0.0565 e. The van der Waals surface area contributed by atoms with Gasteiger partial charge < -0.3 is 15.9 Å². The van der Waals surface area contributed by atoms with Gasteiger partial charge in [0.1, 0.15) is 0 Å². The fourth-order valence-electron chi connectivity index (χ4n) is 1.14. The van der Waals surface area contributed by atoms with E-state index < -0.39 is 0 Å². The van der Waals surface area contributed by atoms with Gasteiger partial charge in [-0.15, -0.1) is 11.8 Å². The van der Waals surface area contributed by atoms with E-state index in [1.807, 2.05) is 6.92 Å². The summed E-state index contributed by atoms with van der Waals surface area (Å²) in [7, 11) is 0. The molecule has 0 aromatic carbocycles. The normalized spacial score (nSPS) is 19.1. The molecule has 86 valence electrons. The third-order valence-corrected chi connectivity index (χ3v) is 3.65. The molecule has 0 bridgehead atoms. The molecule has 0 aliphatic rings. The van der Waals surface area contributed by atoms with Gasteiger partial charge in [0.05, 0.1) is 13.2 Å². The number of aliphatic hydroxyl groups excluding tert-OH is 2. The maximum absolute atomic E-state index is 9.22. The predicted octanol–water partition coefficient (Wildman–Crippen LogP) is 0.835. The number of nitrogens with two attached hydrogens (primary N) is 1. The molecule has 0 heterocycles. The van der Waals surface area contributed by atoms with Crippen molar-refractivity contribution in [3.05, 3.63) is 0 Å². The molecule has 0 saturated carbocycles. The maximum atomic E-state index is 9.22. The molecule has 3 unspecified atom stereocenters. The van der Waals surface area contributed by atoms with E-state index in [9.17, 15) is 5.11 Å². The molecule has 0 aliphatic heterocycles. The first kappa shape index (κ1) is 14.2. The minimum Gasteiger partial charge on any atom is -0.395 e. The summed E-state index contributed by atoms with van der Waals surface area (Å²) in [5, 5.41) is 18.3. The molecule has 0 aromatic rings. The van der Waals surface area contributed by atoms with E-state index >= 15 is 0 Å². The molecule has 3 nitrogen and oxygen atoms in total. The van der Waals surface area contributed by atoms with Crippen LogP contribution in [0.3, 0.4) is 0 Å². The van der Waals surface area contributed by atoms with Gasteiger partial charge in [-0.25, -0.2) is 0 Å². The zero-order chi connectivity index (χ0) is 11.4. The van der Waals surface area contributed by atoms with Crippen LogP contribution in [-0.4, -0.2) is 40.0 Å². The van der Waals surface area contributed by atoms with Crippen molar-refractivity contribution in [2.24, 2.45) is 11.1 Å². The fourth-order valence-corrected chi connectivity index (χ4v) is 2.49. The Morgan fingerprint density at radius 1 is 1.21 bits per heavy atom. The lowest BCUT2D eigenvalue weighted by molar-refractivity contribution is 0.231. The van der Waals surface area contributed by atoms with Crippen molar-refractivity contribution in [1.29, 1.82) is 0 Å². The molecule has 0 fully saturated rings. The summed E-state index contributed by atoms with van der Waals surface area (Å²) in [6.07, 6.45) is 0. The van der Waals surface area contributed by atoms with E-state index in [1.165, 1.54) is 0 Å². The Bertz CT molecular complexity index is 159. The van der Waals surface area contributed by atoms with Gasteiger partial charge in [0.2, 0.25) is 0 Å². The van der Waals surface area contributed by atoms with Gasteiger partial charge in [0, 0.05) is 16.5 Å². The van der Waals surface area contributed by atoms with Crippen molar-refractivity contribution in [2.75, 3.05) is 13.2 Å². The molecule has 14 heavy (non-hydrogen) atoms. The predicted molar refractivity (Wildman–Crippen MR) is 62.4 cm³/mol. The second-order valence-corrected chi connectivity index (χ2v) is 6.42. The third-order valence-electron chi connectivity index (χ3n) is 2.24. The van der Waals surface area contributed by atoms with Gasteiger partial charge in [-0.1, -0.05) is 27.7 Å². The maximum Gasteiger partial charge on any atom is 0.0565 e. The topological polar surface area (TPSA) is 66.5 Å². The average Bonchev–Trinajstić information content (AvgIpc) is 2.11. The lowest BCUT2D eigenvalue weighted by Gasteiger charge is -2.33. The summed E-state index contributed by atoms with van der Waals surface area (Å²) in [4.78, 5) is 0. The average molecular weight is 221 g/mol. The minimum absolute atomic E-state index is 0.00264. The van der Waals surface area contributed by atoms with Crippen LogP contribution in [0.5, 0.6) is 0 Å². The first-order valence-corrected chi connectivity index (χ1v) is 5.90. The Morgan fingerprint density at radius 3 is 2.00 bits per heavy atom. The monoisotopic (exact) mass is 221 g/mol. The zero-order valence-corrected chi connectivity index (χ0v) is 10.3. The summed E-state index contributed by atoms with van der Waals surface area (Å²) in [6, 6.07) is -0.0634. The van der Waals surface area contributed by atoms with Crippen LogP contribution in [0.25, 0.3) is 0 Å². The molecule has 0 saturated heterocycles. The second kappa shape index (κ2) is 5.95. The van der Waals surface area contributed by atoms with Crippen LogP contribution in [0.1, 0.15) is 27.7 Å². The summed E-state index contributed by atoms with van der Waals surface area (Å²) in [6.45, 7) is 8.30. The van der Waals surface area contributed by atoms with E-state index in [4.69, 9.17) is 10.8 Å². The van der Waals surface area contributed by atoms with Gasteiger partial charge in [0.15, 0.2) is 0 Å². The fraction of sp³-hybridized carbons (Fsp3) is 1.00. The Balaban J connectivity index is 4.26. The summed E-state index contributed by atoms with van der Waals surface area (Å²) >= 11 is 1.55. The Kier molecular flexibility index (Phi) is 6.05. The quantitative estimate of drug-likeness (QED) is 0.643. The summed E-state index contributed by atoms with van der Waals surface area (Å²) in [5.74, 6) is 0. The molecule has 4 N–H and O–H groups in total. The van der Waals surface area contributed by atoms with Gasteiger partial charge in [-0.05, 0) is 5.41 Å². The highest BCUT2D eigenvalue weighted by Crippen LogP contribution is 2.28. The molecular weight excluding hydrogens is 198 g/mol. The molecule has 0 aromatic heterocycles. The second-order valence-electron chi connectivity index (χ2n) is 4.74. The van der Waals surface area contributed by atoms with E-state index in [0.717, 1.165) is 0 Å². The standard InChI is InChI=1S/C10H23NO2S/c1-7(5-12)14-8(6-13)9(11)10(2,3)4/h7-9,12-13H,5-6,11H2,1-4H3. The number of hydrogen-bond donors (Lipinski definition) is 3. The molecule has 0 rings (SSSR count). The molecule has 3 atom stereocenters. The largest absolute Gasteiger partial charge is 0.395 e. The van der Waals surface area contributed by atoms with E-state index in [-0.39, 0.29) is 35.2 Å². The number of rotatable bonds is 5. The van der Waals surface area contributed by atoms with E-state index in [2.05, 4.69) is 20.8 Å². The Labute approximate surface area is 91.1 Å². The highest BCUT2D eigenvalue weighted by atomic mass is 32.2. The first-order chi connectivity index (χ1) is 6.32. The van der Waals surface area contributed by atoms with Crippen LogP contribution in [-0.2, 0) is 0 Å². The van der Waals surface area contributed by atoms with Crippen LogP contribution in [0.2, 0.25) is 0 Å². The van der Waals surface area contributed by atoms with Crippen molar-refractivity contribution in [3.63, 3.8) is 0 Å². The van der Waals surface area contributed by atoms with Crippen molar-refractivity contribution in [2.45, 2.75) is 44.2 Å². The lowest BCUT2D eigenvalue weighted by Crippen LogP contribution is -2.46. The third kappa shape index (κ3) is 4.64. The molecule has 4 heteroatoms. The van der Waals surface area contributed by atoms with Crippen molar-refractivity contribution < 1.29 is 10.2 Å². The van der Waals surface area contributed by atoms with Crippen LogP contribution in [0.4, 0.5) is 0 Å². The highest BCUT2D eigenvalue weighted by Gasteiger charge is 2.29. The highest BCUT2D eigenvalue weighted by molar-refractivity contribution is 8.00. The molecule has 0 aliphatic carbocycles. The Morgan fingerprint density at radius 2 is 1.71 bits per heavy atom. The van der Waals surface area contributed by atoms with Crippen LogP contribution in [0.15, 0.2) is 0 Å². The number of aliphatic hydroxyl groups is 2. The van der Waals surface area contributed by atoms with Crippen LogP contribution in [0, 0.1) is 5.41 Å². The first-order valence-electron chi connectivity index (χ1n) is 4.95. The zero-order valence-electron chi connectivity index (χ0n) is 9.53. The number of hydrogen-bond acceptors (Lipinski definition) is 4. The number of thioether (sulfide) groups is 1. The minimum atomic E-state index is -0.0634. The van der Waals surface area contributed by atoms with E-state index in [1.54, 1.807) is 11.8 Å². The SMILES string of the molecule is CC(CO)SC(CO)C(N)C(C)(C)C. The van der Waals surface area contributed by atoms with Gasteiger partial charge >= 0.3 is 0 Å². The molecule has 0 amide bonds. The van der Waals surface area contributed by atoms with Crippen molar-refractivity contribution in [3.8, 4) is 0 Å². The van der Waals surface area contributed by atoms with Gasteiger partial charge in [0.25, 0.3) is 0 Å². The van der Waals surface area contributed by atoms with E-state index in [0.29, 0.717) is 0 Å². The van der Waals surface area contributed by atoms with Crippen LogP contribution >= 0.6 is 11.8 Å². The molecule has 0 spiro atoms. The van der Waals surface area contributed by atoms with Crippen molar-refractivity contribution >= 4 is 11.8 Å². The van der Waals surface area contributed by atoms with Gasteiger partial charge in [-0.2, -0.15) is 0 Å². The Hall–Kier alpha value is 0.230. The lowest BCUT2D eigenvalue weighted by atomic mass is 9.85. The molecule has 0 radical (unpaired) electrons. The summed E-state index contributed by atoms with van der Waals surface area (Å²) in [5.41, 5.74) is 6.03.